The number of para-hydroxylation sites is 2. The molecule has 0 saturated heterocycles. The molecule has 1 unspecified atom stereocenters. The van der Waals surface area contributed by atoms with Crippen LogP contribution in [0.3, 0.4) is 0 Å². The van der Waals surface area contributed by atoms with Crippen molar-refractivity contribution < 1.29 is 42.6 Å². The highest BCUT2D eigenvalue weighted by Crippen LogP contribution is 2.49. The van der Waals surface area contributed by atoms with Crippen molar-refractivity contribution in [2.75, 3.05) is 19.4 Å². The fraction of sp³-hybridized carbons (Fsp3) is 0.320. The van der Waals surface area contributed by atoms with E-state index in [0.29, 0.717) is 6.42 Å². The number of rotatable bonds is 14. The number of carboxylic acid groups (broad SMARTS) is 1. The Morgan fingerprint density at radius 2 is 1.50 bits per heavy atom. The summed E-state index contributed by atoms with van der Waals surface area (Å²) in [5, 5.41) is 9.64. The molecule has 36 heavy (non-hydrogen) atoms. The molecule has 0 aliphatic carbocycles. The van der Waals surface area contributed by atoms with E-state index in [1.807, 2.05) is 0 Å². The van der Waals surface area contributed by atoms with Crippen LogP contribution in [0.4, 0.5) is 0 Å². The summed E-state index contributed by atoms with van der Waals surface area (Å²) >= 11 is 0. The Labute approximate surface area is 209 Å². The second-order valence-corrected chi connectivity index (χ2v) is 9.45. The molecule has 1 atom stereocenters. The average molecular weight is 519 g/mol. The van der Waals surface area contributed by atoms with Gasteiger partial charge in [0, 0.05) is 6.20 Å². The van der Waals surface area contributed by atoms with E-state index in [4.69, 9.17) is 18.5 Å². The van der Waals surface area contributed by atoms with Gasteiger partial charge in [0.25, 0.3) is 0 Å². The summed E-state index contributed by atoms with van der Waals surface area (Å²) in [6.07, 6.45) is 0.242. The first-order valence-corrected chi connectivity index (χ1v) is 13.0. The van der Waals surface area contributed by atoms with Crippen molar-refractivity contribution in [2.45, 2.75) is 33.3 Å². The molecule has 0 aliphatic heterocycles. The van der Waals surface area contributed by atoms with E-state index in [1.165, 1.54) is 0 Å². The number of carbonyl (C=O) groups is 3. The molecule has 194 valence electrons. The predicted octanol–water partition coefficient (Wildman–Crippen LogP) is 4.47. The van der Waals surface area contributed by atoms with Crippen molar-refractivity contribution in [3.63, 3.8) is 0 Å². The van der Waals surface area contributed by atoms with E-state index < -0.39 is 50.0 Å². The molecule has 0 bridgehead atoms. The maximum absolute atomic E-state index is 13.9. The molecule has 11 heteroatoms. The number of aliphatic carboxylic acids is 1. The fourth-order valence-corrected chi connectivity index (χ4v) is 4.46. The molecule has 0 fully saturated rings. The van der Waals surface area contributed by atoms with Crippen LogP contribution in [0.2, 0.25) is 0 Å². The molecule has 2 aromatic rings. The van der Waals surface area contributed by atoms with Crippen LogP contribution >= 0.6 is 7.60 Å². The molecular formula is C25H30NO9P. The SMILES string of the molecule is CCOC(=O)CN(C=C(C(=O)O)C(=O)OC(C)CC)CP(=O)(Oc1ccccc1)Oc1ccccc1. The molecular weight excluding hydrogens is 489 g/mol. The zero-order valence-electron chi connectivity index (χ0n) is 20.4. The zero-order chi connectivity index (χ0) is 26.6. The van der Waals surface area contributed by atoms with Gasteiger partial charge in [-0.1, -0.05) is 43.3 Å². The van der Waals surface area contributed by atoms with Gasteiger partial charge in [0.1, 0.15) is 24.3 Å². The zero-order valence-corrected chi connectivity index (χ0v) is 21.3. The standard InChI is InChI=1S/C25H30NO9P/c1-4-19(3)33-25(30)22(24(28)29)16-26(17-23(27)32-5-2)18-36(31,34-20-12-8-6-9-13-20)35-21-14-10-7-11-15-21/h6-16,19H,4-5,17-18H2,1-3H3,(H,28,29). The van der Waals surface area contributed by atoms with E-state index in [0.717, 1.165) is 11.1 Å². The monoisotopic (exact) mass is 519 g/mol. The summed E-state index contributed by atoms with van der Waals surface area (Å²) in [7, 11) is -4.12. The Morgan fingerprint density at radius 3 is 1.94 bits per heavy atom. The number of esters is 2. The number of carboxylic acids is 1. The van der Waals surface area contributed by atoms with E-state index in [1.54, 1.807) is 81.4 Å². The largest absolute Gasteiger partial charge is 0.477 e. The van der Waals surface area contributed by atoms with E-state index in [9.17, 15) is 24.1 Å². The number of ether oxygens (including phenoxy) is 2. The normalized spacial score (nSPS) is 12.2. The summed E-state index contributed by atoms with van der Waals surface area (Å²) in [4.78, 5) is 37.7. The first kappa shape index (κ1) is 28.5. The molecule has 2 rings (SSSR count). The van der Waals surface area contributed by atoms with Crippen LogP contribution in [-0.2, 0) is 28.4 Å². The van der Waals surface area contributed by atoms with E-state index >= 15 is 0 Å². The van der Waals surface area contributed by atoms with Crippen molar-refractivity contribution in [3.05, 3.63) is 72.4 Å². The smallest absolute Gasteiger partial charge is 0.449 e. The molecule has 2 aromatic carbocycles. The number of hydrogen-bond donors (Lipinski definition) is 1. The summed E-state index contributed by atoms with van der Waals surface area (Å²) in [6.45, 7) is 4.53. The molecule has 0 aliphatic rings. The van der Waals surface area contributed by atoms with Gasteiger partial charge in [0.05, 0.1) is 12.7 Å². The van der Waals surface area contributed by atoms with Gasteiger partial charge in [-0.05, 0) is 44.5 Å². The Hall–Kier alpha value is -3.78. The van der Waals surface area contributed by atoms with Gasteiger partial charge >= 0.3 is 25.5 Å². The van der Waals surface area contributed by atoms with Gasteiger partial charge in [-0.3, -0.25) is 4.79 Å². The van der Waals surface area contributed by atoms with Gasteiger partial charge in [0.2, 0.25) is 0 Å². The van der Waals surface area contributed by atoms with Crippen molar-refractivity contribution in [1.82, 2.24) is 4.90 Å². The Kier molecular flexibility index (Phi) is 11.0. The lowest BCUT2D eigenvalue weighted by Crippen LogP contribution is -2.31. The molecule has 0 saturated carbocycles. The number of carbonyl (C=O) groups excluding carboxylic acids is 2. The molecule has 1 N–H and O–H groups in total. The summed E-state index contributed by atoms with van der Waals surface area (Å²) in [5.41, 5.74) is -0.759. The number of hydrogen-bond acceptors (Lipinski definition) is 9. The maximum Gasteiger partial charge on any atom is 0.449 e. The molecule has 0 radical (unpaired) electrons. The number of benzene rings is 2. The highest BCUT2D eigenvalue weighted by molar-refractivity contribution is 7.54. The second-order valence-electron chi connectivity index (χ2n) is 7.58. The Bertz CT molecular complexity index is 1040. The lowest BCUT2D eigenvalue weighted by molar-refractivity contribution is -0.148. The fourth-order valence-electron chi connectivity index (χ4n) is 2.80. The first-order valence-electron chi connectivity index (χ1n) is 11.3. The third kappa shape index (κ3) is 9.46. The van der Waals surface area contributed by atoms with Crippen molar-refractivity contribution in [3.8, 4) is 11.5 Å². The third-order valence-electron chi connectivity index (χ3n) is 4.61. The van der Waals surface area contributed by atoms with Crippen LogP contribution in [0.25, 0.3) is 0 Å². The van der Waals surface area contributed by atoms with Crippen LogP contribution < -0.4 is 9.05 Å². The molecule has 0 spiro atoms. The van der Waals surface area contributed by atoms with Gasteiger partial charge in [-0.25, -0.2) is 14.2 Å². The maximum atomic E-state index is 13.9. The minimum Gasteiger partial charge on any atom is -0.477 e. The Balaban J connectivity index is 2.46. The summed E-state index contributed by atoms with van der Waals surface area (Å²) in [5.74, 6) is -2.97. The van der Waals surface area contributed by atoms with Crippen LogP contribution in [0.1, 0.15) is 27.2 Å². The van der Waals surface area contributed by atoms with Crippen molar-refractivity contribution >= 4 is 25.5 Å². The Morgan fingerprint density at radius 1 is 0.972 bits per heavy atom. The third-order valence-corrected chi connectivity index (χ3v) is 6.30. The quantitative estimate of drug-likeness (QED) is 0.125. The molecule has 0 aromatic heterocycles. The van der Waals surface area contributed by atoms with Crippen LogP contribution in [0.15, 0.2) is 72.4 Å². The van der Waals surface area contributed by atoms with E-state index in [2.05, 4.69) is 0 Å². The van der Waals surface area contributed by atoms with Crippen LogP contribution in [-0.4, -0.2) is 53.5 Å². The second kappa shape index (κ2) is 13.9. The lowest BCUT2D eigenvalue weighted by Gasteiger charge is -2.26. The van der Waals surface area contributed by atoms with Gasteiger partial charge in [-0.15, -0.1) is 0 Å². The topological polar surface area (TPSA) is 129 Å². The van der Waals surface area contributed by atoms with Gasteiger partial charge in [0.15, 0.2) is 5.57 Å². The summed E-state index contributed by atoms with van der Waals surface area (Å²) in [6, 6.07) is 16.5. The van der Waals surface area contributed by atoms with Crippen molar-refractivity contribution in [1.29, 1.82) is 0 Å². The van der Waals surface area contributed by atoms with Crippen LogP contribution in [0.5, 0.6) is 11.5 Å². The molecule has 0 amide bonds. The molecule has 10 nitrogen and oxygen atoms in total. The van der Waals surface area contributed by atoms with E-state index in [-0.39, 0.29) is 18.1 Å². The van der Waals surface area contributed by atoms with Gasteiger partial charge < -0.3 is 28.5 Å². The van der Waals surface area contributed by atoms with Crippen LogP contribution in [0, 0.1) is 0 Å². The van der Waals surface area contributed by atoms with Gasteiger partial charge in [-0.2, -0.15) is 0 Å². The minimum absolute atomic E-state index is 0.0664. The predicted molar refractivity (Wildman–Crippen MR) is 132 cm³/mol. The first-order chi connectivity index (χ1) is 17.2. The molecule has 0 heterocycles. The minimum atomic E-state index is -4.12. The summed E-state index contributed by atoms with van der Waals surface area (Å²) < 4.78 is 35.4. The highest BCUT2D eigenvalue weighted by atomic mass is 31.2. The highest BCUT2D eigenvalue weighted by Gasteiger charge is 2.33. The average Bonchev–Trinajstić information content (AvgIpc) is 2.83. The van der Waals surface area contributed by atoms with Crippen molar-refractivity contribution in [2.24, 2.45) is 0 Å². The number of nitrogens with zero attached hydrogens (tertiary/aromatic N) is 1. The lowest BCUT2D eigenvalue weighted by atomic mass is 10.2.